The number of carbonyl (C=O) groups is 1. The number of pyridine rings is 1. The number of rotatable bonds is 5. The zero-order valence-electron chi connectivity index (χ0n) is 19.1. The van der Waals surface area contributed by atoms with Crippen molar-refractivity contribution in [2.75, 3.05) is 39.5 Å². The smallest absolute Gasteiger partial charge is 0.229 e. The summed E-state index contributed by atoms with van der Waals surface area (Å²) in [6, 6.07) is 20.8. The molecule has 3 heterocycles. The molecule has 2 aliphatic rings. The predicted molar refractivity (Wildman–Crippen MR) is 129 cm³/mol. The molecule has 2 fully saturated rings. The van der Waals surface area contributed by atoms with Gasteiger partial charge in [0.1, 0.15) is 0 Å². The van der Waals surface area contributed by atoms with E-state index in [4.69, 9.17) is 9.47 Å². The van der Waals surface area contributed by atoms with Gasteiger partial charge in [0.2, 0.25) is 5.91 Å². The molecule has 1 aromatic heterocycles. The van der Waals surface area contributed by atoms with Crippen molar-refractivity contribution in [1.29, 1.82) is 0 Å². The molecular weight excluding hydrogens is 412 g/mol. The quantitative estimate of drug-likeness (QED) is 0.589. The summed E-state index contributed by atoms with van der Waals surface area (Å²) in [6.45, 7) is 3.93. The Bertz CT molecular complexity index is 1070. The molecule has 5 rings (SSSR count). The maximum absolute atomic E-state index is 14.0. The molecule has 0 N–H and O–H groups in total. The third-order valence-corrected chi connectivity index (χ3v) is 7.14. The topological polar surface area (TPSA) is 51.7 Å². The van der Waals surface area contributed by atoms with E-state index in [0.29, 0.717) is 33.0 Å². The van der Waals surface area contributed by atoms with E-state index >= 15 is 0 Å². The van der Waals surface area contributed by atoms with Crippen molar-refractivity contribution in [3.63, 3.8) is 0 Å². The third-order valence-electron chi connectivity index (χ3n) is 7.14. The molecule has 5 heteroatoms. The highest BCUT2D eigenvalue weighted by Crippen LogP contribution is 2.37. The Morgan fingerprint density at radius 2 is 1.79 bits per heavy atom. The minimum Gasteiger partial charge on any atom is -0.381 e. The van der Waals surface area contributed by atoms with E-state index in [1.165, 1.54) is 11.1 Å². The normalized spacial score (nSPS) is 21.0. The number of hydrogen-bond donors (Lipinski definition) is 0. The summed E-state index contributed by atoms with van der Waals surface area (Å²) >= 11 is 0. The maximum Gasteiger partial charge on any atom is 0.229 e. The molecule has 2 aromatic carbocycles. The largest absolute Gasteiger partial charge is 0.381 e. The van der Waals surface area contributed by atoms with E-state index in [-0.39, 0.29) is 11.8 Å². The maximum atomic E-state index is 14.0. The summed E-state index contributed by atoms with van der Waals surface area (Å²) in [7, 11) is 0. The van der Waals surface area contributed by atoms with Gasteiger partial charge in [0.25, 0.3) is 0 Å². The summed E-state index contributed by atoms with van der Waals surface area (Å²) < 4.78 is 11.6. The van der Waals surface area contributed by atoms with Crippen LogP contribution in [0.2, 0.25) is 0 Å². The summed E-state index contributed by atoms with van der Waals surface area (Å²) in [5.74, 6) is 0.513. The Morgan fingerprint density at radius 1 is 0.970 bits per heavy atom. The highest BCUT2D eigenvalue weighted by Gasteiger charge is 2.43. The Labute approximate surface area is 195 Å². The number of hydrogen-bond acceptors (Lipinski definition) is 4. The molecule has 172 valence electrons. The van der Waals surface area contributed by atoms with Gasteiger partial charge in [-0.1, -0.05) is 54.6 Å². The summed E-state index contributed by atoms with van der Waals surface area (Å²) in [5, 5.41) is 1.15. The molecule has 1 unspecified atom stereocenters. The van der Waals surface area contributed by atoms with Crippen LogP contribution in [0.4, 0.5) is 0 Å². The molecule has 0 radical (unpaired) electrons. The van der Waals surface area contributed by atoms with Crippen molar-refractivity contribution in [2.24, 2.45) is 11.3 Å². The van der Waals surface area contributed by atoms with E-state index in [2.05, 4.69) is 58.4 Å². The number of aromatic nitrogens is 1. The second kappa shape index (κ2) is 10.0. The first-order valence-corrected chi connectivity index (χ1v) is 12.0. The fraction of sp³-hybridized carbons (Fsp3) is 0.429. The van der Waals surface area contributed by atoms with Crippen LogP contribution in [0.3, 0.4) is 0 Å². The monoisotopic (exact) mass is 444 g/mol. The van der Waals surface area contributed by atoms with Crippen molar-refractivity contribution in [1.82, 2.24) is 9.88 Å². The lowest BCUT2D eigenvalue weighted by atomic mass is 9.74. The van der Waals surface area contributed by atoms with Gasteiger partial charge in [0.05, 0.1) is 24.1 Å². The van der Waals surface area contributed by atoms with Gasteiger partial charge in [0.15, 0.2) is 0 Å². The van der Waals surface area contributed by atoms with Gasteiger partial charge in [-0.05, 0) is 42.9 Å². The van der Waals surface area contributed by atoms with E-state index in [0.717, 1.165) is 43.1 Å². The minimum atomic E-state index is -0.393. The molecule has 1 amide bonds. The van der Waals surface area contributed by atoms with E-state index < -0.39 is 5.41 Å². The fourth-order valence-corrected chi connectivity index (χ4v) is 5.38. The van der Waals surface area contributed by atoms with Gasteiger partial charge in [-0.3, -0.25) is 9.78 Å². The van der Waals surface area contributed by atoms with E-state index in [9.17, 15) is 4.79 Å². The van der Waals surface area contributed by atoms with E-state index in [1.807, 2.05) is 18.3 Å². The molecule has 0 saturated carbocycles. The van der Waals surface area contributed by atoms with Crippen molar-refractivity contribution >= 4 is 16.8 Å². The fourth-order valence-electron chi connectivity index (χ4n) is 5.38. The minimum absolute atomic E-state index is 0.248. The predicted octanol–water partition coefficient (Wildman–Crippen LogP) is 4.29. The average molecular weight is 445 g/mol. The Morgan fingerprint density at radius 3 is 2.64 bits per heavy atom. The van der Waals surface area contributed by atoms with Crippen LogP contribution >= 0.6 is 0 Å². The zero-order valence-corrected chi connectivity index (χ0v) is 19.1. The van der Waals surface area contributed by atoms with Crippen molar-refractivity contribution in [2.45, 2.75) is 25.7 Å². The lowest BCUT2D eigenvalue weighted by Crippen LogP contribution is -2.50. The summed E-state index contributed by atoms with van der Waals surface area (Å²) in [4.78, 5) is 20.7. The number of para-hydroxylation sites is 1. The van der Waals surface area contributed by atoms with Gasteiger partial charge < -0.3 is 14.4 Å². The van der Waals surface area contributed by atoms with Crippen LogP contribution in [0.5, 0.6) is 0 Å². The number of amides is 1. The van der Waals surface area contributed by atoms with Gasteiger partial charge in [-0.2, -0.15) is 0 Å². The van der Waals surface area contributed by atoms with Gasteiger partial charge in [0, 0.05) is 43.8 Å². The molecule has 0 bridgehead atoms. The highest BCUT2D eigenvalue weighted by atomic mass is 16.5. The lowest BCUT2D eigenvalue weighted by Gasteiger charge is -2.40. The zero-order chi connectivity index (χ0) is 22.5. The van der Waals surface area contributed by atoms with Crippen LogP contribution in [0, 0.1) is 11.3 Å². The Kier molecular flexibility index (Phi) is 6.70. The van der Waals surface area contributed by atoms with Crippen LogP contribution in [-0.2, 0) is 27.1 Å². The second-order valence-electron chi connectivity index (χ2n) is 9.44. The Hall–Kier alpha value is -2.76. The van der Waals surface area contributed by atoms with Crippen molar-refractivity contribution in [3.8, 4) is 0 Å². The average Bonchev–Trinajstić information content (AvgIpc) is 3.10. The number of fused-ring (bicyclic) bond motifs is 1. The van der Waals surface area contributed by atoms with Crippen LogP contribution in [0.25, 0.3) is 10.9 Å². The first kappa shape index (κ1) is 22.1. The number of ether oxygens (including phenoxy) is 2. The molecule has 2 saturated heterocycles. The van der Waals surface area contributed by atoms with Gasteiger partial charge >= 0.3 is 0 Å². The van der Waals surface area contributed by atoms with Crippen molar-refractivity contribution in [3.05, 3.63) is 78.0 Å². The summed E-state index contributed by atoms with van der Waals surface area (Å²) in [6.07, 6.45) is 5.02. The van der Waals surface area contributed by atoms with Crippen LogP contribution in [0.1, 0.15) is 24.0 Å². The first-order chi connectivity index (χ1) is 16.2. The van der Waals surface area contributed by atoms with Crippen LogP contribution < -0.4 is 0 Å². The molecule has 0 spiro atoms. The molecule has 5 nitrogen and oxygen atoms in total. The molecule has 2 aliphatic heterocycles. The van der Waals surface area contributed by atoms with Gasteiger partial charge in [-0.15, -0.1) is 0 Å². The summed E-state index contributed by atoms with van der Waals surface area (Å²) in [5.41, 5.74) is 3.10. The molecule has 1 atom stereocenters. The number of nitrogens with zero attached hydrogens (tertiary/aromatic N) is 2. The Balaban J connectivity index is 1.36. The van der Waals surface area contributed by atoms with E-state index in [1.54, 1.807) is 0 Å². The standard InChI is InChI=1S/C28H32N2O3/c31-27(28(11-15-32-16-12-28)19-22-6-2-1-3-7-22)30-14-17-33-21-23(20-30)18-25-9-4-8-24-10-5-13-29-26(24)25/h1-10,13,23H,11-12,14-21H2. The van der Waals surface area contributed by atoms with Crippen LogP contribution in [-0.4, -0.2) is 55.3 Å². The number of benzene rings is 2. The molecule has 33 heavy (non-hydrogen) atoms. The second-order valence-corrected chi connectivity index (χ2v) is 9.44. The SMILES string of the molecule is O=C(N1CCOCC(Cc2cccc3cccnc23)C1)C1(Cc2ccccc2)CCOCC1. The first-order valence-electron chi connectivity index (χ1n) is 12.0. The molecular formula is C28H32N2O3. The van der Waals surface area contributed by atoms with Crippen molar-refractivity contribution < 1.29 is 14.3 Å². The molecule has 3 aromatic rings. The molecule has 0 aliphatic carbocycles. The highest BCUT2D eigenvalue weighted by molar-refractivity contribution is 5.83. The van der Waals surface area contributed by atoms with Crippen LogP contribution in [0.15, 0.2) is 66.9 Å². The lowest BCUT2D eigenvalue weighted by molar-refractivity contribution is -0.148. The third kappa shape index (κ3) is 4.94. The van der Waals surface area contributed by atoms with Gasteiger partial charge in [-0.25, -0.2) is 0 Å². The number of carbonyl (C=O) groups excluding carboxylic acids is 1.